The van der Waals surface area contributed by atoms with Gasteiger partial charge in [-0.3, -0.25) is 0 Å². The Hall–Kier alpha value is -0.760. The first-order valence-corrected chi connectivity index (χ1v) is 4.17. The predicted molar refractivity (Wildman–Crippen MR) is 43.5 cm³/mol. The fraction of sp³-hybridized carbons (Fsp3) is 0.556. The molecular weight excluding hydrogens is 138 g/mol. The lowest BCUT2D eigenvalue weighted by Crippen LogP contribution is -2.16. The summed E-state index contributed by atoms with van der Waals surface area (Å²) in [5, 5.41) is 9.04. The molecule has 60 valence electrons. The second kappa shape index (κ2) is 2.70. The van der Waals surface area contributed by atoms with Crippen molar-refractivity contribution in [2.45, 2.75) is 25.3 Å². The van der Waals surface area contributed by atoms with Crippen molar-refractivity contribution >= 4 is 0 Å². The van der Waals surface area contributed by atoms with Crippen LogP contribution in [0, 0.1) is 0 Å². The summed E-state index contributed by atoms with van der Waals surface area (Å²) in [6.45, 7) is 1.42. The van der Waals surface area contributed by atoms with E-state index >= 15 is 0 Å². The molecule has 2 heterocycles. The predicted octanol–water partition coefficient (Wildman–Crippen LogP) is 1.36. The first-order chi connectivity index (χ1) is 5.42. The van der Waals surface area contributed by atoms with Gasteiger partial charge in [0.2, 0.25) is 0 Å². The number of hydrogen-bond donors (Lipinski definition) is 1. The number of aliphatic hydroxyl groups is 1. The van der Waals surface area contributed by atoms with Gasteiger partial charge in [-0.15, -0.1) is 0 Å². The van der Waals surface area contributed by atoms with Gasteiger partial charge in [-0.1, -0.05) is 0 Å². The quantitative estimate of drug-likeness (QED) is 0.644. The van der Waals surface area contributed by atoms with E-state index in [0.29, 0.717) is 12.5 Å². The van der Waals surface area contributed by atoms with E-state index < -0.39 is 0 Å². The third-order valence-electron chi connectivity index (χ3n) is 2.45. The molecule has 1 aromatic heterocycles. The van der Waals surface area contributed by atoms with E-state index in [1.807, 2.05) is 0 Å². The topological polar surface area (TPSA) is 25.2 Å². The fourth-order valence-corrected chi connectivity index (χ4v) is 1.84. The first-order valence-electron chi connectivity index (χ1n) is 4.17. The Morgan fingerprint density at radius 1 is 1.64 bits per heavy atom. The van der Waals surface area contributed by atoms with Gasteiger partial charge < -0.3 is 9.67 Å². The minimum atomic E-state index is 0.296. The maximum atomic E-state index is 9.04. The molecule has 1 N–H and O–H groups in total. The molecule has 0 radical (unpaired) electrons. The molecule has 0 spiro atoms. The summed E-state index contributed by atoms with van der Waals surface area (Å²) in [7, 11) is 0. The highest BCUT2D eigenvalue weighted by molar-refractivity contribution is 5.14. The smallest absolute Gasteiger partial charge is 0.0514 e. The normalized spacial score (nSPS) is 23.2. The van der Waals surface area contributed by atoms with Crippen LogP contribution < -0.4 is 0 Å². The molecule has 0 aliphatic carbocycles. The zero-order valence-corrected chi connectivity index (χ0v) is 6.53. The molecule has 2 heteroatoms. The summed E-state index contributed by atoms with van der Waals surface area (Å²) < 4.78 is 2.24. The zero-order valence-electron chi connectivity index (χ0n) is 6.53. The second-order valence-corrected chi connectivity index (χ2v) is 3.15. The Morgan fingerprint density at radius 2 is 2.55 bits per heavy atom. The van der Waals surface area contributed by atoms with Crippen molar-refractivity contribution in [3.8, 4) is 0 Å². The van der Waals surface area contributed by atoms with Crippen LogP contribution in [0.3, 0.4) is 0 Å². The maximum Gasteiger partial charge on any atom is 0.0514 e. The van der Waals surface area contributed by atoms with E-state index in [4.69, 9.17) is 5.11 Å². The number of aromatic nitrogens is 1. The van der Waals surface area contributed by atoms with Crippen LogP contribution in [0.5, 0.6) is 0 Å². The monoisotopic (exact) mass is 151 g/mol. The Morgan fingerprint density at radius 3 is 3.36 bits per heavy atom. The van der Waals surface area contributed by atoms with E-state index in [1.165, 1.54) is 12.1 Å². The van der Waals surface area contributed by atoms with Crippen molar-refractivity contribution in [2.24, 2.45) is 0 Å². The Kier molecular flexibility index (Phi) is 1.70. The van der Waals surface area contributed by atoms with Crippen molar-refractivity contribution in [1.29, 1.82) is 0 Å². The van der Waals surface area contributed by atoms with Gasteiger partial charge in [-0.25, -0.2) is 0 Å². The van der Waals surface area contributed by atoms with Gasteiger partial charge in [0.25, 0.3) is 0 Å². The number of aliphatic hydroxyl groups excluding tert-OH is 1. The number of hydrogen-bond acceptors (Lipinski definition) is 1. The van der Waals surface area contributed by atoms with E-state index in [2.05, 4.69) is 22.9 Å². The Bertz CT molecular complexity index is 241. The van der Waals surface area contributed by atoms with Crippen LogP contribution in [-0.2, 0) is 6.54 Å². The molecule has 0 bridgehead atoms. The maximum absolute atomic E-state index is 9.04. The van der Waals surface area contributed by atoms with Gasteiger partial charge in [-0.2, -0.15) is 0 Å². The van der Waals surface area contributed by atoms with E-state index in [0.717, 1.165) is 13.0 Å². The lowest BCUT2D eigenvalue weighted by molar-refractivity contribution is 0.241. The van der Waals surface area contributed by atoms with Crippen LogP contribution >= 0.6 is 0 Å². The number of rotatable bonds is 1. The van der Waals surface area contributed by atoms with Crippen molar-refractivity contribution < 1.29 is 5.11 Å². The van der Waals surface area contributed by atoms with Crippen molar-refractivity contribution in [3.63, 3.8) is 0 Å². The van der Waals surface area contributed by atoms with Gasteiger partial charge in [0, 0.05) is 24.4 Å². The Balaban J connectivity index is 2.32. The van der Waals surface area contributed by atoms with Gasteiger partial charge >= 0.3 is 0 Å². The van der Waals surface area contributed by atoms with Crippen LogP contribution in [0.4, 0.5) is 0 Å². The Labute approximate surface area is 66.5 Å². The van der Waals surface area contributed by atoms with Crippen LogP contribution in [0.25, 0.3) is 0 Å². The molecule has 0 aromatic carbocycles. The molecule has 0 fully saturated rings. The highest BCUT2D eigenvalue weighted by Gasteiger charge is 2.17. The molecule has 0 unspecified atom stereocenters. The molecule has 1 aliphatic rings. The second-order valence-electron chi connectivity index (χ2n) is 3.15. The minimum absolute atomic E-state index is 0.296. The average Bonchev–Trinajstić information content (AvgIpc) is 2.50. The van der Waals surface area contributed by atoms with Crippen LogP contribution in [0.1, 0.15) is 24.5 Å². The van der Waals surface area contributed by atoms with Crippen molar-refractivity contribution in [1.82, 2.24) is 4.57 Å². The third-order valence-corrected chi connectivity index (χ3v) is 2.45. The summed E-state index contributed by atoms with van der Waals surface area (Å²) >= 11 is 0. The number of fused-ring (bicyclic) bond motifs is 1. The minimum Gasteiger partial charge on any atom is -0.396 e. The number of aryl methyl sites for hydroxylation is 1. The first kappa shape index (κ1) is 6.92. The summed E-state index contributed by atoms with van der Waals surface area (Å²) in [5.41, 5.74) is 1.30. The SMILES string of the molecule is OC[C@H]1CCCn2cccc21. The summed E-state index contributed by atoms with van der Waals surface area (Å²) in [5.74, 6) is 0.388. The average molecular weight is 151 g/mol. The molecule has 2 rings (SSSR count). The van der Waals surface area contributed by atoms with E-state index in [9.17, 15) is 0 Å². The van der Waals surface area contributed by atoms with E-state index in [1.54, 1.807) is 0 Å². The molecule has 1 aliphatic heterocycles. The van der Waals surface area contributed by atoms with Crippen molar-refractivity contribution in [3.05, 3.63) is 24.0 Å². The van der Waals surface area contributed by atoms with Crippen LogP contribution in [0.2, 0.25) is 0 Å². The summed E-state index contributed by atoms with van der Waals surface area (Å²) in [6.07, 6.45) is 4.44. The third kappa shape index (κ3) is 1.07. The fourth-order valence-electron chi connectivity index (χ4n) is 1.84. The van der Waals surface area contributed by atoms with Crippen LogP contribution in [0.15, 0.2) is 18.3 Å². The number of nitrogens with zero attached hydrogens (tertiary/aromatic N) is 1. The van der Waals surface area contributed by atoms with Gasteiger partial charge in [0.15, 0.2) is 0 Å². The molecule has 1 aromatic rings. The van der Waals surface area contributed by atoms with Gasteiger partial charge in [-0.05, 0) is 25.0 Å². The summed E-state index contributed by atoms with van der Waals surface area (Å²) in [6, 6.07) is 4.17. The van der Waals surface area contributed by atoms with Gasteiger partial charge in [0.05, 0.1) is 6.61 Å². The molecule has 2 nitrogen and oxygen atoms in total. The molecule has 0 saturated heterocycles. The molecule has 0 saturated carbocycles. The van der Waals surface area contributed by atoms with E-state index in [-0.39, 0.29) is 0 Å². The highest BCUT2D eigenvalue weighted by Crippen LogP contribution is 2.26. The zero-order chi connectivity index (χ0) is 7.68. The lowest BCUT2D eigenvalue weighted by atomic mass is 9.97. The summed E-state index contributed by atoms with van der Waals surface area (Å²) in [4.78, 5) is 0. The molecule has 1 atom stereocenters. The molecule has 11 heavy (non-hydrogen) atoms. The van der Waals surface area contributed by atoms with Crippen molar-refractivity contribution in [2.75, 3.05) is 6.61 Å². The van der Waals surface area contributed by atoms with Gasteiger partial charge in [0.1, 0.15) is 0 Å². The standard InChI is InChI=1S/C9H13NO/c11-7-8-3-1-5-10-6-2-4-9(8)10/h2,4,6,8,11H,1,3,5,7H2/t8-/m1/s1. The molecular formula is C9H13NO. The highest BCUT2D eigenvalue weighted by atomic mass is 16.3. The van der Waals surface area contributed by atoms with Crippen LogP contribution in [-0.4, -0.2) is 16.3 Å². The lowest BCUT2D eigenvalue weighted by Gasteiger charge is -2.22. The largest absolute Gasteiger partial charge is 0.396 e. The molecule has 0 amide bonds.